The fourth-order valence-corrected chi connectivity index (χ4v) is 1.44. The van der Waals surface area contributed by atoms with Crippen LogP contribution in [0, 0.1) is 0 Å². The van der Waals surface area contributed by atoms with Gasteiger partial charge >= 0.3 is 0 Å². The molecule has 1 rings (SSSR count). The summed E-state index contributed by atoms with van der Waals surface area (Å²) in [5.41, 5.74) is 6.86. The maximum absolute atomic E-state index is 11.7. The summed E-state index contributed by atoms with van der Waals surface area (Å²) in [6.45, 7) is 0.270. The molecule has 0 bridgehead atoms. The highest BCUT2D eigenvalue weighted by Gasteiger charge is 2.09. The number of nitrogens with zero attached hydrogens (tertiary/aromatic N) is 2. The van der Waals surface area contributed by atoms with Crippen molar-refractivity contribution in [2.45, 2.75) is 6.42 Å². The predicted molar refractivity (Wildman–Crippen MR) is 67.4 cm³/mol. The van der Waals surface area contributed by atoms with Crippen LogP contribution in [0.1, 0.15) is 11.1 Å². The molecule has 1 aromatic rings. The fraction of sp³-hybridized carbons (Fsp3) is 0.333. The zero-order valence-corrected chi connectivity index (χ0v) is 10.2. The van der Waals surface area contributed by atoms with Gasteiger partial charge in [0, 0.05) is 19.2 Å². The van der Waals surface area contributed by atoms with Crippen LogP contribution in [0.25, 0.3) is 0 Å². The zero-order chi connectivity index (χ0) is 13.5. The molecule has 0 radical (unpaired) electrons. The molecule has 4 N–H and O–H groups in total. The Hall–Kier alpha value is -2.08. The monoisotopic (exact) mass is 251 g/mol. The van der Waals surface area contributed by atoms with E-state index in [-0.39, 0.29) is 24.8 Å². The third kappa shape index (κ3) is 3.74. The second kappa shape index (κ2) is 6.61. The zero-order valence-electron chi connectivity index (χ0n) is 10.2. The molecule has 0 spiro atoms. The van der Waals surface area contributed by atoms with Crippen LogP contribution in [0.4, 0.5) is 0 Å². The number of amides is 1. The van der Waals surface area contributed by atoms with Gasteiger partial charge in [0.2, 0.25) is 5.91 Å². The second-order valence-corrected chi connectivity index (χ2v) is 3.90. The average Bonchev–Trinajstić information content (AvgIpc) is 2.39. The minimum atomic E-state index is -0.0689. The molecule has 18 heavy (non-hydrogen) atoms. The molecule has 0 fully saturated rings. The molecule has 0 saturated heterocycles. The van der Waals surface area contributed by atoms with Gasteiger partial charge in [-0.2, -0.15) is 0 Å². The molecule has 0 aliphatic heterocycles. The standard InChI is InChI=1S/C12H17N3O3/c1-15(6-7-16)11(17)8-9-2-4-10(5-3-9)12(13)14-18/h2-5,16,18H,6-8H2,1H3,(H2,13,14). The molecule has 0 saturated carbocycles. The largest absolute Gasteiger partial charge is 0.409 e. The first-order valence-corrected chi connectivity index (χ1v) is 5.50. The van der Waals surface area contributed by atoms with Crippen molar-refractivity contribution in [3.8, 4) is 0 Å². The third-order valence-electron chi connectivity index (χ3n) is 2.57. The second-order valence-electron chi connectivity index (χ2n) is 3.90. The number of likely N-dealkylation sites (N-methyl/N-ethyl adjacent to an activating group) is 1. The van der Waals surface area contributed by atoms with Crippen molar-refractivity contribution in [2.24, 2.45) is 10.9 Å². The van der Waals surface area contributed by atoms with E-state index >= 15 is 0 Å². The molecule has 0 atom stereocenters. The van der Waals surface area contributed by atoms with E-state index in [1.807, 2.05) is 0 Å². The number of benzene rings is 1. The maximum Gasteiger partial charge on any atom is 0.226 e. The molecule has 6 nitrogen and oxygen atoms in total. The van der Waals surface area contributed by atoms with Crippen LogP contribution in [-0.2, 0) is 11.2 Å². The van der Waals surface area contributed by atoms with Crippen LogP contribution in [0.2, 0.25) is 0 Å². The van der Waals surface area contributed by atoms with E-state index in [4.69, 9.17) is 16.0 Å². The van der Waals surface area contributed by atoms with E-state index in [9.17, 15) is 4.79 Å². The van der Waals surface area contributed by atoms with Crippen molar-refractivity contribution >= 4 is 11.7 Å². The lowest BCUT2D eigenvalue weighted by Crippen LogP contribution is -2.30. The summed E-state index contributed by atoms with van der Waals surface area (Å²) in [5, 5.41) is 20.1. The van der Waals surface area contributed by atoms with Crippen molar-refractivity contribution in [2.75, 3.05) is 20.2 Å². The van der Waals surface area contributed by atoms with Crippen LogP contribution in [0.15, 0.2) is 29.4 Å². The third-order valence-corrected chi connectivity index (χ3v) is 2.57. The number of aliphatic hydroxyl groups excluding tert-OH is 1. The summed E-state index contributed by atoms with van der Waals surface area (Å²) in [6, 6.07) is 6.86. The molecular weight excluding hydrogens is 234 g/mol. The van der Waals surface area contributed by atoms with Gasteiger partial charge in [-0.15, -0.1) is 0 Å². The number of nitrogens with two attached hydrogens (primary N) is 1. The topological polar surface area (TPSA) is 99.2 Å². The normalized spacial score (nSPS) is 11.3. The fourth-order valence-electron chi connectivity index (χ4n) is 1.44. The van der Waals surface area contributed by atoms with Gasteiger partial charge in [-0.3, -0.25) is 4.79 Å². The maximum atomic E-state index is 11.7. The van der Waals surface area contributed by atoms with Crippen LogP contribution in [-0.4, -0.2) is 47.2 Å². The number of oxime groups is 1. The van der Waals surface area contributed by atoms with E-state index in [0.717, 1.165) is 5.56 Å². The van der Waals surface area contributed by atoms with E-state index in [0.29, 0.717) is 12.1 Å². The van der Waals surface area contributed by atoms with Gasteiger partial charge in [-0.1, -0.05) is 29.4 Å². The molecule has 0 aromatic heterocycles. The molecule has 98 valence electrons. The highest BCUT2D eigenvalue weighted by Crippen LogP contribution is 2.06. The minimum absolute atomic E-state index is 0.0327. The smallest absolute Gasteiger partial charge is 0.226 e. The molecule has 1 aromatic carbocycles. The first-order valence-electron chi connectivity index (χ1n) is 5.50. The van der Waals surface area contributed by atoms with Crippen molar-refractivity contribution in [3.05, 3.63) is 35.4 Å². The Kier molecular flexibility index (Phi) is 5.13. The van der Waals surface area contributed by atoms with Crippen LogP contribution >= 0.6 is 0 Å². The molecule has 1 amide bonds. The summed E-state index contributed by atoms with van der Waals surface area (Å²) in [5.74, 6) is -0.0362. The minimum Gasteiger partial charge on any atom is -0.409 e. The van der Waals surface area contributed by atoms with E-state index in [1.54, 1.807) is 31.3 Å². The number of aliphatic hydroxyl groups is 1. The van der Waals surface area contributed by atoms with E-state index in [1.165, 1.54) is 4.90 Å². The lowest BCUT2D eigenvalue weighted by Gasteiger charge is -2.15. The summed E-state index contributed by atoms with van der Waals surface area (Å²) in [6.07, 6.45) is 0.257. The molecule has 0 unspecified atom stereocenters. The van der Waals surface area contributed by atoms with Crippen molar-refractivity contribution in [1.29, 1.82) is 0 Å². The number of rotatable bonds is 5. The Labute approximate surface area is 105 Å². The number of carbonyl (C=O) groups is 1. The number of hydrogen-bond donors (Lipinski definition) is 3. The Morgan fingerprint density at radius 3 is 2.50 bits per heavy atom. The van der Waals surface area contributed by atoms with Gasteiger partial charge in [0.1, 0.15) is 0 Å². The van der Waals surface area contributed by atoms with Crippen molar-refractivity contribution in [3.63, 3.8) is 0 Å². The first kappa shape index (κ1) is 14.0. The Morgan fingerprint density at radius 1 is 1.39 bits per heavy atom. The van der Waals surface area contributed by atoms with Crippen LogP contribution < -0.4 is 5.73 Å². The van der Waals surface area contributed by atoms with Gasteiger partial charge < -0.3 is 20.9 Å². The molecule has 0 aliphatic carbocycles. The summed E-state index contributed by atoms with van der Waals surface area (Å²) < 4.78 is 0. The summed E-state index contributed by atoms with van der Waals surface area (Å²) >= 11 is 0. The Balaban J connectivity index is 2.67. The number of hydrogen-bond acceptors (Lipinski definition) is 4. The van der Waals surface area contributed by atoms with Crippen molar-refractivity contribution < 1.29 is 15.1 Å². The Bertz CT molecular complexity index is 429. The van der Waals surface area contributed by atoms with E-state index in [2.05, 4.69) is 5.16 Å². The van der Waals surface area contributed by atoms with Crippen LogP contribution in [0.5, 0.6) is 0 Å². The number of carbonyl (C=O) groups excluding carboxylic acids is 1. The Morgan fingerprint density at radius 2 is 2.00 bits per heavy atom. The molecule has 6 heteroatoms. The van der Waals surface area contributed by atoms with E-state index < -0.39 is 0 Å². The summed E-state index contributed by atoms with van der Waals surface area (Å²) in [4.78, 5) is 13.2. The highest BCUT2D eigenvalue weighted by molar-refractivity contribution is 5.97. The lowest BCUT2D eigenvalue weighted by atomic mass is 10.1. The van der Waals surface area contributed by atoms with Crippen molar-refractivity contribution in [1.82, 2.24) is 4.90 Å². The summed E-state index contributed by atoms with van der Waals surface area (Å²) in [7, 11) is 1.64. The average molecular weight is 251 g/mol. The SMILES string of the molecule is CN(CCO)C(=O)Cc1ccc(C(N)=NO)cc1. The van der Waals surface area contributed by atoms with Gasteiger partial charge in [-0.05, 0) is 5.56 Å². The quantitative estimate of drug-likeness (QED) is 0.291. The molecule has 0 heterocycles. The molecular formula is C12H17N3O3. The van der Waals surface area contributed by atoms with Gasteiger partial charge in [0.05, 0.1) is 13.0 Å². The lowest BCUT2D eigenvalue weighted by molar-refractivity contribution is -0.129. The predicted octanol–water partition coefficient (Wildman–Crippen LogP) is -0.226. The van der Waals surface area contributed by atoms with Crippen LogP contribution in [0.3, 0.4) is 0 Å². The number of amidine groups is 1. The molecule has 0 aliphatic rings. The highest BCUT2D eigenvalue weighted by atomic mass is 16.4. The van der Waals surface area contributed by atoms with Gasteiger partial charge in [0.15, 0.2) is 5.84 Å². The first-order chi connectivity index (χ1) is 8.58. The van der Waals surface area contributed by atoms with Gasteiger partial charge in [-0.25, -0.2) is 0 Å². The van der Waals surface area contributed by atoms with Gasteiger partial charge in [0.25, 0.3) is 0 Å².